The molecule has 4 heterocycles. The number of amides is 2. The van der Waals surface area contributed by atoms with E-state index < -0.39 is 12.2 Å². The van der Waals surface area contributed by atoms with E-state index >= 15 is 4.39 Å². The SMILES string of the molecule is O=C(NCC1CN(c2ccc(N3CCN(c4ccncc4)CC3)c(F)c2)C(=O)O1)c1ccc(Cl)s1. The third kappa shape index (κ3) is 5.18. The molecule has 2 saturated heterocycles. The molecule has 0 bridgehead atoms. The molecular formula is C24H23ClFN5O3S. The van der Waals surface area contributed by atoms with Crippen LogP contribution in [0.2, 0.25) is 4.34 Å². The Balaban J connectivity index is 1.18. The number of cyclic esters (lactones) is 1. The summed E-state index contributed by atoms with van der Waals surface area (Å²) in [6, 6.07) is 12.0. The van der Waals surface area contributed by atoms with Crippen molar-refractivity contribution in [3.05, 3.63) is 69.9 Å². The summed E-state index contributed by atoms with van der Waals surface area (Å²) in [4.78, 5) is 34.8. The number of aromatic nitrogens is 1. The number of hydrogen-bond donors (Lipinski definition) is 1. The summed E-state index contributed by atoms with van der Waals surface area (Å²) in [6.07, 6.45) is 2.43. The molecule has 1 aromatic carbocycles. The van der Waals surface area contributed by atoms with Crippen LogP contribution in [0.1, 0.15) is 9.67 Å². The molecule has 2 aromatic heterocycles. The summed E-state index contributed by atoms with van der Waals surface area (Å²) in [5, 5.41) is 2.75. The summed E-state index contributed by atoms with van der Waals surface area (Å²) < 4.78 is 21.0. The third-order valence-electron chi connectivity index (χ3n) is 6.05. The third-order valence-corrected chi connectivity index (χ3v) is 7.28. The van der Waals surface area contributed by atoms with Crippen LogP contribution in [0.25, 0.3) is 0 Å². The molecule has 2 amide bonds. The molecule has 0 saturated carbocycles. The Morgan fingerprint density at radius 1 is 1.09 bits per heavy atom. The van der Waals surface area contributed by atoms with Gasteiger partial charge in [-0.05, 0) is 42.5 Å². The van der Waals surface area contributed by atoms with E-state index in [4.69, 9.17) is 16.3 Å². The molecule has 2 aliphatic rings. The van der Waals surface area contributed by atoms with E-state index in [1.165, 1.54) is 22.3 Å². The van der Waals surface area contributed by atoms with Gasteiger partial charge >= 0.3 is 6.09 Å². The summed E-state index contributed by atoms with van der Waals surface area (Å²) >= 11 is 7.04. The van der Waals surface area contributed by atoms with Crippen LogP contribution in [0.4, 0.5) is 26.2 Å². The summed E-state index contributed by atoms with van der Waals surface area (Å²) in [7, 11) is 0. The predicted octanol–water partition coefficient (Wildman–Crippen LogP) is 4.02. The molecule has 35 heavy (non-hydrogen) atoms. The van der Waals surface area contributed by atoms with Crippen molar-refractivity contribution in [2.45, 2.75) is 6.10 Å². The molecule has 8 nitrogen and oxygen atoms in total. The van der Waals surface area contributed by atoms with Crippen molar-refractivity contribution in [1.82, 2.24) is 10.3 Å². The fourth-order valence-corrected chi connectivity index (χ4v) is 5.21. The average Bonchev–Trinajstić information content (AvgIpc) is 3.48. The van der Waals surface area contributed by atoms with Crippen molar-refractivity contribution in [3.63, 3.8) is 0 Å². The minimum absolute atomic E-state index is 0.152. The Labute approximate surface area is 210 Å². The maximum absolute atomic E-state index is 15.1. The van der Waals surface area contributed by atoms with Crippen LogP contribution in [-0.2, 0) is 4.74 Å². The van der Waals surface area contributed by atoms with Gasteiger partial charge in [-0.15, -0.1) is 11.3 Å². The van der Waals surface area contributed by atoms with Gasteiger partial charge in [-0.1, -0.05) is 11.6 Å². The van der Waals surface area contributed by atoms with Crippen LogP contribution in [0.3, 0.4) is 0 Å². The minimum atomic E-state index is -0.568. The Morgan fingerprint density at radius 3 is 2.51 bits per heavy atom. The monoisotopic (exact) mass is 515 g/mol. The maximum Gasteiger partial charge on any atom is 0.414 e. The number of carbonyl (C=O) groups excluding carboxylic acids is 2. The second-order valence-corrected chi connectivity index (χ2v) is 9.96. The largest absolute Gasteiger partial charge is 0.442 e. The number of piperazine rings is 1. The van der Waals surface area contributed by atoms with Crippen molar-refractivity contribution < 1.29 is 18.7 Å². The number of carbonyl (C=O) groups is 2. The number of nitrogens with one attached hydrogen (secondary N) is 1. The number of hydrogen-bond acceptors (Lipinski definition) is 7. The van der Waals surface area contributed by atoms with E-state index in [0.29, 0.717) is 33.7 Å². The first-order valence-electron chi connectivity index (χ1n) is 11.2. The minimum Gasteiger partial charge on any atom is -0.442 e. The van der Waals surface area contributed by atoms with Gasteiger partial charge in [0.2, 0.25) is 0 Å². The molecule has 182 valence electrons. The van der Waals surface area contributed by atoms with Gasteiger partial charge in [0.05, 0.1) is 33.7 Å². The van der Waals surface area contributed by atoms with Crippen LogP contribution >= 0.6 is 22.9 Å². The molecule has 1 N–H and O–H groups in total. The maximum atomic E-state index is 15.1. The number of ether oxygens (including phenoxy) is 1. The van der Waals surface area contributed by atoms with Crippen molar-refractivity contribution in [2.75, 3.05) is 54.0 Å². The Hall–Kier alpha value is -3.37. The van der Waals surface area contributed by atoms with Gasteiger partial charge in [0.25, 0.3) is 5.91 Å². The van der Waals surface area contributed by atoms with Gasteiger partial charge < -0.3 is 19.9 Å². The Kier molecular flexibility index (Phi) is 6.74. The molecule has 0 aliphatic carbocycles. The van der Waals surface area contributed by atoms with Crippen LogP contribution in [0.5, 0.6) is 0 Å². The molecule has 11 heteroatoms. The van der Waals surface area contributed by atoms with Crippen LogP contribution in [-0.4, -0.2) is 62.4 Å². The van der Waals surface area contributed by atoms with E-state index in [-0.39, 0.29) is 24.8 Å². The first kappa shape index (κ1) is 23.4. The molecule has 2 fully saturated rings. The topological polar surface area (TPSA) is 78.0 Å². The lowest BCUT2D eigenvalue weighted by atomic mass is 10.2. The fourth-order valence-electron chi connectivity index (χ4n) is 4.25. The summed E-state index contributed by atoms with van der Waals surface area (Å²) in [5.74, 6) is -0.671. The lowest BCUT2D eigenvalue weighted by molar-refractivity contribution is 0.0920. The van der Waals surface area contributed by atoms with Gasteiger partial charge in [0.15, 0.2) is 0 Å². The van der Waals surface area contributed by atoms with Crippen molar-refractivity contribution >= 4 is 52.0 Å². The highest BCUT2D eigenvalue weighted by Gasteiger charge is 2.33. The highest BCUT2D eigenvalue weighted by molar-refractivity contribution is 7.18. The quantitative estimate of drug-likeness (QED) is 0.534. The molecule has 0 spiro atoms. The molecule has 1 atom stereocenters. The predicted molar refractivity (Wildman–Crippen MR) is 134 cm³/mol. The van der Waals surface area contributed by atoms with E-state index in [9.17, 15) is 9.59 Å². The van der Waals surface area contributed by atoms with Crippen molar-refractivity contribution in [2.24, 2.45) is 0 Å². The highest BCUT2D eigenvalue weighted by Crippen LogP contribution is 2.29. The number of nitrogens with zero attached hydrogens (tertiary/aromatic N) is 4. The van der Waals surface area contributed by atoms with Crippen molar-refractivity contribution in [1.29, 1.82) is 0 Å². The smallest absolute Gasteiger partial charge is 0.414 e. The lowest BCUT2D eigenvalue weighted by Gasteiger charge is -2.37. The number of anilines is 3. The van der Waals surface area contributed by atoms with Gasteiger partial charge in [0, 0.05) is 44.3 Å². The van der Waals surface area contributed by atoms with Gasteiger partial charge in [-0.2, -0.15) is 0 Å². The Morgan fingerprint density at radius 2 is 1.83 bits per heavy atom. The van der Waals surface area contributed by atoms with Gasteiger partial charge in [-0.25, -0.2) is 9.18 Å². The van der Waals surface area contributed by atoms with E-state index in [2.05, 4.69) is 15.2 Å². The number of benzene rings is 1. The first-order valence-corrected chi connectivity index (χ1v) is 12.4. The molecular weight excluding hydrogens is 493 g/mol. The normalized spacial score (nSPS) is 18.1. The second-order valence-electron chi connectivity index (χ2n) is 8.25. The zero-order chi connectivity index (χ0) is 24.4. The van der Waals surface area contributed by atoms with E-state index in [1.807, 2.05) is 17.0 Å². The number of thiophene rings is 1. The first-order chi connectivity index (χ1) is 17.0. The summed E-state index contributed by atoms with van der Waals surface area (Å²) in [6.45, 7) is 3.28. The molecule has 1 unspecified atom stereocenters. The van der Waals surface area contributed by atoms with Crippen LogP contribution in [0.15, 0.2) is 54.9 Å². The second kappa shape index (κ2) is 10.1. The fraction of sp³-hybridized carbons (Fsp3) is 0.292. The van der Waals surface area contributed by atoms with Crippen molar-refractivity contribution in [3.8, 4) is 0 Å². The molecule has 2 aliphatic heterocycles. The van der Waals surface area contributed by atoms with Crippen LogP contribution in [0, 0.1) is 5.82 Å². The van der Waals surface area contributed by atoms with E-state index in [1.54, 1.807) is 36.7 Å². The highest BCUT2D eigenvalue weighted by atomic mass is 35.5. The molecule has 3 aromatic rings. The lowest BCUT2D eigenvalue weighted by Crippen LogP contribution is -2.46. The zero-order valence-corrected chi connectivity index (χ0v) is 20.3. The number of rotatable bonds is 6. The van der Waals surface area contributed by atoms with E-state index in [0.717, 1.165) is 18.8 Å². The van der Waals surface area contributed by atoms with Gasteiger partial charge in [-0.3, -0.25) is 14.7 Å². The van der Waals surface area contributed by atoms with Crippen LogP contribution < -0.4 is 20.0 Å². The zero-order valence-electron chi connectivity index (χ0n) is 18.7. The molecule has 5 rings (SSSR count). The number of pyridine rings is 1. The number of halogens is 2. The average molecular weight is 516 g/mol. The Bertz CT molecular complexity index is 1220. The molecule has 0 radical (unpaired) electrons. The van der Waals surface area contributed by atoms with Gasteiger partial charge in [0.1, 0.15) is 11.9 Å². The summed E-state index contributed by atoms with van der Waals surface area (Å²) in [5.41, 5.74) is 2.03. The standard InChI is InChI=1S/C24H23ClFN5O3S/c25-22-4-3-21(35-22)23(32)28-14-18-15-31(24(33)34-18)17-1-2-20(19(26)13-17)30-11-9-29(10-12-30)16-5-7-27-8-6-16/h1-8,13,18H,9-12,14-15H2,(H,28,32).